The molecule has 0 unspecified atom stereocenters. The van der Waals surface area contributed by atoms with Crippen molar-refractivity contribution in [2.24, 2.45) is 0 Å². The minimum atomic E-state index is 0.521. The normalized spacial score (nSPS) is 20.3. The lowest BCUT2D eigenvalue weighted by atomic mass is 10.1. The Balaban J connectivity index is 2.16. The summed E-state index contributed by atoms with van der Waals surface area (Å²) in [5.41, 5.74) is 1.08. The second-order valence-corrected chi connectivity index (χ2v) is 5.24. The minimum absolute atomic E-state index is 0.521. The Morgan fingerprint density at radius 3 is 2.79 bits per heavy atom. The van der Waals surface area contributed by atoms with Crippen LogP contribution in [0.1, 0.15) is 12.5 Å². The SMILES string of the molecule is COc1ccc(CN2CCN[C@@H](C)C2)c(Cl)c1OC. The molecule has 5 heteroatoms. The molecule has 0 amide bonds. The Hall–Kier alpha value is -0.970. The van der Waals surface area contributed by atoms with E-state index in [1.165, 1.54) is 0 Å². The molecule has 0 radical (unpaired) electrons. The van der Waals surface area contributed by atoms with Crippen molar-refractivity contribution in [3.8, 4) is 11.5 Å². The quantitative estimate of drug-likeness (QED) is 0.919. The molecule has 1 fully saturated rings. The van der Waals surface area contributed by atoms with E-state index in [-0.39, 0.29) is 0 Å². The van der Waals surface area contributed by atoms with E-state index in [0.717, 1.165) is 31.7 Å². The summed E-state index contributed by atoms with van der Waals surface area (Å²) < 4.78 is 10.6. The number of hydrogen-bond donors (Lipinski definition) is 1. The van der Waals surface area contributed by atoms with Gasteiger partial charge < -0.3 is 14.8 Å². The summed E-state index contributed by atoms with van der Waals surface area (Å²) in [6, 6.07) is 4.44. The van der Waals surface area contributed by atoms with Crippen molar-refractivity contribution in [2.75, 3.05) is 33.9 Å². The summed E-state index contributed by atoms with van der Waals surface area (Å²) in [7, 11) is 3.23. The highest BCUT2D eigenvalue weighted by molar-refractivity contribution is 6.33. The van der Waals surface area contributed by atoms with Crippen LogP contribution in [0.5, 0.6) is 11.5 Å². The zero-order valence-corrected chi connectivity index (χ0v) is 12.5. The number of piperazine rings is 1. The number of methoxy groups -OCH3 is 2. The molecule has 19 heavy (non-hydrogen) atoms. The minimum Gasteiger partial charge on any atom is -0.493 e. The van der Waals surface area contributed by atoms with Gasteiger partial charge in [0.1, 0.15) is 0 Å². The maximum atomic E-state index is 6.40. The fourth-order valence-corrected chi connectivity index (χ4v) is 2.74. The molecule has 0 bridgehead atoms. The average molecular weight is 285 g/mol. The smallest absolute Gasteiger partial charge is 0.179 e. The topological polar surface area (TPSA) is 33.7 Å². The summed E-state index contributed by atoms with van der Waals surface area (Å²) in [6.45, 7) is 6.12. The van der Waals surface area contributed by atoms with E-state index in [0.29, 0.717) is 22.6 Å². The summed E-state index contributed by atoms with van der Waals surface area (Å²) in [5, 5.41) is 4.08. The highest BCUT2D eigenvalue weighted by Crippen LogP contribution is 2.37. The monoisotopic (exact) mass is 284 g/mol. The first-order valence-electron chi connectivity index (χ1n) is 6.50. The van der Waals surface area contributed by atoms with Crippen LogP contribution in [0.3, 0.4) is 0 Å². The molecule has 0 aromatic heterocycles. The predicted molar refractivity (Wildman–Crippen MR) is 77.3 cm³/mol. The summed E-state index contributed by atoms with van der Waals surface area (Å²) in [4.78, 5) is 2.40. The van der Waals surface area contributed by atoms with Gasteiger partial charge in [0.05, 0.1) is 19.2 Å². The molecule has 1 heterocycles. The second-order valence-electron chi connectivity index (χ2n) is 4.86. The van der Waals surface area contributed by atoms with Gasteiger partial charge >= 0.3 is 0 Å². The molecule has 1 aliphatic rings. The van der Waals surface area contributed by atoms with Gasteiger partial charge in [0.2, 0.25) is 0 Å². The third-order valence-corrected chi connectivity index (χ3v) is 3.83. The third-order valence-electron chi connectivity index (χ3n) is 3.41. The van der Waals surface area contributed by atoms with Gasteiger partial charge in [-0.2, -0.15) is 0 Å². The van der Waals surface area contributed by atoms with Crippen molar-refractivity contribution in [3.05, 3.63) is 22.7 Å². The van der Waals surface area contributed by atoms with Gasteiger partial charge in [-0.25, -0.2) is 0 Å². The predicted octanol–water partition coefficient (Wildman–Crippen LogP) is 2.15. The van der Waals surface area contributed by atoms with Gasteiger partial charge in [0.15, 0.2) is 11.5 Å². The van der Waals surface area contributed by atoms with Crippen LogP contribution in [0.25, 0.3) is 0 Å². The van der Waals surface area contributed by atoms with E-state index in [2.05, 4.69) is 17.1 Å². The van der Waals surface area contributed by atoms with Crippen LogP contribution < -0.4 is 14.8 Å². The third kappa shape index (κ3) is 3.32. The molecule has 0 aliphatic carbocycles. The molecule has 2 rings (SSSR count). The molecule has 1 aromatic rings. The standard InChI is InChI=1S/C14H21ClN2O2/c1-10-8-17(7-6-16-10)9-11-4-5-12(18-2)14(19-3)13(11)15/h4-5,10,16H,6-9H2,1-3H3/t10-/m0/s1. The van der Waals surface area contributed by atoms with Crippen LogP contribution >= 0.6 is 11.6 Å². The summed E-state index contributed by atoms with van der Waals surface area (Å²) in [6.07, 6.45) is 0. The Bertz CT molecular complexity index is 440. The first-order chi connectivity index (χ1) is 9.15. The number of benzene rings is 1. The van der Waals surface area contributed by atoms with Crippen LogP contribution in [-0.2, 0) is 6.54 Å². The van der Waals surface area contributed by atoms with Crippen LogP contribution in [0.15, 0.2) is 12.1 Å². The van der Waals surface area contributed by atoms with Crippen LogP contribution in [0.2, 0.25) is 5.02 Å². The van der Waals surface area contributed by atoms with E-state index >= 15 is 0 Å². The lowest BCUT2D eigenvalue weighted by molar-refractivity contribution is 0.199. The lowest BCUT2D eigenvalue weighted by Crippen LogP contribution is -2.48. The van der Waals surface area contributed by atoms with Gasteiger partial charge in [-0.15, -0.1) is 0 Å². The zero-order chi connectivity index (χ0) is 13.8. The van der Waals surface area contributed by atoms with Crippen LogP contribution in [0, 0.1) is 0 Å². The summed E-state index contributed by atoms with van der Waals surface area (Å²) >= 11 is 6.40. The number of ether oxygens (including phenoxy) is 2. The highest BCUT2D eigenvalue weighted by Gasteiger charge is 2.19. The molecule has 1 N–H and O–H groups in total. The number of hydrogen-bond acceptors (Lipinski definition) is 4. The first-order valence-corrected chi connectivity index (χ1v) is 6.88. The number of nitrogens with zero attached hydrogens (tertiary/aromatic N) is 1. The number of halogens is 1. The van der Waals surface area contributed by atoms with Crippen molar-refractivity contribution in [2.45, 2.75) is 19.5 Å². The molecule has 0 spiro atoms. The molecule has 1 aliphatic heterocycles. The molecule has 1 saturated heterocycles. The fourth-order valence-electron chi connectivity index (χ4n) is 2.45. The van der Waals surface area contributed by atoms with Crippen molar-refractivity contribution in [1.82, 2.24) is 10.2 Å². The Kier molecular flexibility index (Phi) is 4.91. The molecule has 4 nitrogen and oxygen atoms in total. The summed E-state index contributed by atoms with van der Waals surface area (Å²) in [5.74, 6) is 1.29. The average Bonchev–Trinajstić information content (AvgIpc) is 2.41. The lowest BCUT2D eigenvalue weighted by Gasteiger charge is -2.32. The number of rotatable bonds is 4. The fraction of sp³-hybridized carbons (Fsp3) is 0.571. The van der Waals surface area contributed by atoms with Crippen molar-refractivity contribution < 1.29 is 9.47 Å². The molecular formula is C14H21ClN2O2. The van der Waals surface area contributed by atoms with Crippen LogP contribution in [-0.4, -0.2) is 44.8 Å². The van der Waals surface area contributed by atoms with Gasteiger partial charge in [-0.1, -0.05) is 17.7 Å². The maximum absolute atomic E-state index is 6.40. The van der Waals surface area contributed by atoms with Crippen molar-refractivity contribution in [3.63, 3.8) is 0 Å². The molecule has 1 atom stereocenters. The maximum Gasteiger partial charge on any atom is 0.179 e. The van der Waals surface area contributed by atoms with Gasteiger partial charge in [0.25, 0.3) is 0 Å². The van der Waals surface area contributed by atoms with E-state index in [1.807, 2.05) is 12.1 Å². The zero-order valence-electron chi connectivity index (χ0n) is 11.7. The van der Waals surface area contributed by atoms with E-state index in [4.69, 9.17) is 21.1 Å². The Morgan fingerprint density at radius 1 is 1.37 bits per heavy atom. The molecule has 1 aromatic carbocycles. The largest absolute Gasteiger partial charge is 0.493 e. The highest BCUT2D eigenvalue weighted by atomic mass is 35.5. The molecular weight excluding hydrogens is 264 g/mol. The molecule has 106 valence electrons. The van der Waals surface area contributed by atoms with Crippen molar-refractivity contribution in [1.29, 1.82) is 0 Å². The Labute approximate surface area is 119 Å². The van der Waals surface area contributed by atoms with Crippen molar-refractivity contribution >= 4 is 11.6 Å². The van der Waals surface area contributed by atoms with E-state index < -0.39 is 0 Å². The van der Waals surface area contributed by atoms with Gasteiger partial charge in [0, 0.05) is 32.2 Å². The Morgan fingerprint density at radius 2 is 2.16 bits per heavy atom. The first kappa shape index (κ1) is 14.4. The molecule has 0 saturated carbocycles. The van der Waals surface area contributed by atoms with E-state index in [9.17, 15) is 0 Å². The van der Waals surface area contributed by atoms with Gasteiger partial charge in [-0.05, 0) is 18.6 Å². The number of nitrogens with one attached hydrogen (secondary N) is 1. The van der Waals surface area contributed by atoms with Gasteiger partial charge in [-0.3, -0.25) is 4.90 Å². The van der Waals surface area contributed by atoms with E-state index in [1.54, 1.807) is 14.2 Å². The second kappa shape index (κ2) is 6.46. The van der Waals surface area contributed by atoms with Crippen LogP contribution in [0.4, 0.5) is 0 Å².